The van der Waals surface area contributed by atoms with E-state index in [-0.39, 0.29) is 0 Å². The van der Waals surface area contributed by atoms with Crippen molar-refractivity contribution < 1.29 is 0 Å². The lowest BCUT2D eigenvalue weighted by atomic mass is 10.1. The first kappa shape index (κ1) is 11.5. The summed E-state index contributed by atoms with van der Waals surface area (Å²) in [4.78, 5) is 13.1. The minimum atomic E-state index is 0.737. The Hall–Kier alpha value is -2.55. The van der Waals surface area contributed by atoms with Gasteiger partial charge in [-0.1, -0.05) is 30.3 Å². The van der Waals surface area contributed by atoms with Gasteiger partial charge in [0.2, 0.25) is 0 Å². The molecule has 0 saturated heterocycles. The first-order valence-corrected chi connectivity index (χ1v) is 6.14. The van der Waals surface area contributed by atoms with E-state index in [1.54, 1.807) is 12.4 Å². The molecule has 3 aromatic rings. The summed E-state index contributed by atoms with van der Waals surface area (Å²) in [5.74, 6) is 0.737. The summed E-state index contributed by atoms with van der Waals surface area (Å²) in [6.07, 6.45) is 3.51. The quantitative estimate of drug-likeness (QED) is 0.695. The van der Waals surface area contributed by atoms with Gasteiger partial charge in [-0.05, 0) is 25.1 Å². The molecule has 0 radical (unpaired) electrons. The lowest BCUT2D eigenvalue weighted by Crippen LogP contribution is -1.95. The van der Waals surface area contributed by atoms with Crippen LogP contribution in [0, 0.1) is 6.92 Å². The smallest absolute Gasteiger partial charge is 0.160 e. The molecule has 0 aliphatic carbocycles. The van der Waals surface area contributed by atoms with Crippen molar-refractivity contribution in [2.75, 3.05) is 0 Å². The molecule has 0 N–H and O–H groups in total. The third kappa shape index (κ3) is 2.50. The average Bonchev–Trinajstić information content (AvgIpc) is 2.48. The summed E-state index contributed by atoms with van der Waals surface area (Å²) in [6.45, 7) is 1.98. The number of pyridine rings is 1. The molecule has 0 aliphatic heterocycles. The van der Waals surface area contributed by atoms with Crippen LogP contribution in [0.3, 0.4) is 0 Å². The van der Waals surface area contributed by atoms with Crippen LogP contribution in [-0.2, 0) is 0 Å². The van der Waals surface area contributed by atoms with E-state index in [1.165, 1.54) is 0 Å². The molecule has 0 spiro atoms. The second kappa shape index (κ2) is 4.98. The normalized spacial score (nSPS) is 10.4. The van der Waals surface area contributed by atoms with Crippen LogP contribution in [0.2, 0.25) is 0 Å². The monoisotopic (exact) mass is 247 g/mol. The molecule has 0 amide bonds. The average molecular weight is 247 g/mol. The zero-order chi connectivity index (χ0) is 13.1. The Morgan fingerprint density at radius 2 is 1.53 bits per heavy atom. The first-order valence-electron chi connectivity index (χ1n) is 6.14. The molecule has 0 unspecified atom stereocenters. The van der Waals surface area contributed by atoms with Gasteiger partial charge in [-0.25, -0.2) is 9.97 Å². The van der Waals surface area contributed by atoms with Gasteiger partial charge in [-0.2, -0.15) is 0 Å². The largest absolute Gasteiger partial charge is 0.265 e. The van der Waals surface area contributed by atoms with Gasteiger partial charge >= 0.3 is 0 Å². The molecule has 92 valence electrons. The first-order chi connectivity index (χ1) is 9.33. The number of rotatable bonds is 2. The molecule has 2 heterocycles. The number of benzene rings is 1. The third-order valence-corrected chi connectivity index (χ3v) is 2.86. The van der Waals surface area contributed by atoms with E-state index >= 15 is 0 Å². The zero-order valence-electron chi connectivity index (χ0n) is 10.6. The Balaban J connectivity index is 2.12. The number of hydrogen-bond donors (Lipinski definition) is 0. The van der Waals surface area contributed by atoms with E-state index in [4.69, 9.17) is 0 Å². The van der Waals surface area contributed by atoms with Crippen molar-refractivity contribution in [3.05, 3.63) is 66.6 Å². The summed E-state index contributed by atoms with van der Waals surface area (Å²) >= 11 is 0. The molecule has 0 saturated carbocycles. The Labute approximate surface area is 112 Å². The van der Waals surface area contributed by atoms with Gasteiger partial charge in [-0.15, -0.1) is 0 Å². The zero-order valence-corrected chi connectivity index (χ0v) is 10.6. The maximum absolute atomic E-state index is 4.64. The van der Waals surface area contributed by atoms with E-state index < -0.39 is 0 Å². The molecular weight excluding hydrogens is 234 g/mol. The van der Waals surface area contributed by atoms with Crippen LogP contribution >= 0.6 is 0 Å². The van der Waals surface area contributed by atoms with Crippen molar-refractivity contribution >= 4 is 0 Å². The van der Waals surface area contributed by atoms with E-state index in [0.717, 1.165) is 28.3 Å². The van der Waals surface area contributed by atoms with Gasteiger partial charge in [0.25, 0.3) is 0 Å². The van der Waals surface area contributed by atoms with Crippen LogP contribution in [0.15, 0.2) is 60.9 Å². The van der Waals surface area contributed by atoms with Gasteiger partial charge < -0.3 is 0 Å². The van der Waals surface area contributed by atoms with Gasteiger partial charge in [-0.3, -0.25) is 4.98 Å². The highest BCUT2D eigenvalue weighted by atomic mass is 14.9. The van der Waals surface area contributed by atoms with Gasteiger partial charge in [0, 0.05) is 29.2 Å². The summed E-state index contributed by atoms with van der Waals surface area (Å²) in [5.41, 5.74) is 3.99. The molecule has 1 aromatic carbocycles. The van der Waals surface area contributed by atoms with Crippen molar-refractivity contribution in [2.45, 2.75) is 6.92 Å². The standard InChI is InChI=1S/C16H13N3/c1-12-11-15(13-5-3-2-4-6-13)19-16(18-12)14-7-9-17-10-8-14/h2-11H,1H3. The highest BCUT2D eigenvalue weighted by molar-refractivity contribution is 5.63. The SMILES string of the molecule is Cc1cc(-c2ccccc2)nc(-c2ccncc2)n1. The van der Waals surface area contributed by atoms with E-state index in [0.29, 0.717) is 0 Å². The van der Waals surface area contributed by atoms with Crippen LogP contribution in [-0.4, -0.2) is 15.0 Å². The van der Waals surface area contributed by atoms with Crippen LogP contribution in [0.1, 0.15) is 5.69 Å². The number of nitrogens with zero attached hydrogens (tertiary/aromatic N) is 3. The number of aryl methyl sites for hydroxylation is 1. The molecule has 3 nitrogen and oxygen atoms in total. The van der Waals surface area contributed by atoms with Crippen molar-refractivity contribution in [3.8, 4) is 22.6 Å². The van der Waals surface area contributed by atoms with Crippen molar-refractivity contribution in [3.63, 3.8) is 0 Å². The number of hydrogen-bond acceptors (Lipinski definition) is 3. The molecule has 0 aliphatic rings. The van der Waals surface area contributed by atoms with Crippen molar-refractivity contribution in [1.29, 1.82) is 0 Å². The lowest BCUT2D eigenvalue weighted by molar-refractivity contribution is 1.11. The van der Waals surface area contributed by atoms with Crippen LogP contribution in [0.4, 0.5) is 0 Å². The fourth-order valence-electron chi connectivity index (χ4n) is 1.96. The molecule has 0 bridgehead atoms. The van der Waals surface area contributed by atoms with E-state index in [9.17, 15) is 0 Å². The summed E-state index contributed by atoms with van der Waals surface area (Å²) in [7, 11) is 0. The van der Waals surface area contributed by atoms with Gasteiger partial charge in [0.1, 0.15) is 0 Å². The highest BCUT2D eigenvalue weighted by Gasteiger charge is 2.06. The predicted molar refractivity (Wildman–Crippen MR) is 75.4 cm³/mol. The number of aromatic nitrogens is 3. The maximum Gasteiger partial charge on any atom is 0.160 e. The Bertz CT molecular complexity index is 621. The van der Waals surface area contributed by atoms with Crippen molar-refractivity contribution in [2.24, 2.45) is 0 Å². The molecular formula is C16H13N3. The molecule has 19 heavy (non-hydrogen) atoms. The fourth-order valence-corrected chi connectivity index (χ4v) is 1.96. The van der Waals surface area contributed by atoms with Crippen molar-refractivity contribution in [1.82, 2.24) is 15.0 Å². The van der Waals surface area contributed by atoms with Crippen LogP contribution < -0.4 is 0 Å². The Morgan fingerprint density at radius 3 is 2.26 bits per heavy atom. The van der Waals surface area contributed by atoms with Crippen LogP contribution in [0.25, 0.3) is 22.6 Å². The predicted octanol–water partition coefficient (Wildman–Crippen LogP) is 3.51. The molecule has 3 heteroatoms. The minimum Gasteiger partial charge on any atom is -0.265 e. The third-order valence-electron chi connectivity index (χ3n) is 2.86. The summed E-state index contributed by atoms with van der Waals surface area (Å²) < 4.78 is 0. The fraction of sp³-hybridized carbons (Fsp3) is 0.0625. The Morgan fingerprint density at radius 1 is 0.789 bits per heavy atom. The van der Waals surface area contributed by atoms with Crippen LogP contribution in [0.5, 0.6) is 0 Å². The van der Waals surface area contributed by atoms with Gasteiger partial charge in [0.05, 0.1) is 5.69 Å². The molecule has 0 atom stereocenters. The van der Waals surface area contributed by atoms with E-state index in [1.807, 2.05) is 43.3 Å². The van der Waals surface area contributed by atoms with E-state index in [2.05, 4.69) is 27.1 Å². The maximum atomic E-state index is 4.64. The summed E-state index contributed by atoms with van der Waals surface area (Å²) in [6, 6.07) is 16.0. The minimum absolute atomic E-state index is 0.737. The molecule has 0 fully saturated rings. The molecule has 3 rings (SSSR count). The Kier molecular flexibility index (Phi) is 3.02. The molecule has 2 aromatic heterocycles. The lowest BCUT2D eigenvalue weighted by Gasteiger charge is -2.06. The summed E-state index contributed by atoms with van der Waals surface area (Å²) in [5, 5.41) is 0. The topological polar surface area (TPSA) is 38.7 Å². The second-order valence-corrected chi connectivity index (χ2v) is 4.32. The van der Waals surface area contributed by atoms with Gasteiger partial charge in [0.15, 0.2) is 5.82 Å². The highest BCUT2D eigenvalue weighted by Crippen LogP contribution is 2.21. The second-order valence-electron chi connectivity index (χ2n) is 4.32.